The fourth-order valence-corrected chi connectivity index (χ4v) is 3.55. The Balaban J connectivity index is 1.43. The summed E-state index contributed by atoms with van der Waals surface area (Å²) in [5.74, 6) is -0.274. The van der Waals surface area contributed by atoms with Gasteiger partial charge in [-0.1, -0.05) is 29.8 Å². The average Bonchev–Trinajstić information content (AvgIpc) is 3.23. The van der Waals surface area contributed by atoms with Crippen LogP contribution in [-0.2, 0) is 9.47 Å². The van der Waals surface area contributed by atoms with Crippen molar-refractivity contribution in [2.24, 2.45) is 0 Å². The first-order chi connectivity index (χ1) is 13.6. The van der Waals surface area contributed by atoms with Gasteiger partial charge in [0.1, 0.15) is 6.10 Å². The summed E-state index contributed by atoms with van der Waals surface area (Å²) in [5, 5.41) is 0. The molecule has 4 rings (SSSR count). The van der Waals surface area contributed by atoms with Gasteiger partial charge in [-0.05, 0) is 43.2 Å². The van der Waals surface area contributed by atoms with E-state index in [0.29, 0.717) is 18.6 Å². The normalized spacial score (nSPS) is 19.4. The van der Waals surface area contributed by atoms with Crippen LogP contribution >= 0.6 is 0 Å². The minimum Gasteiger partial charge on any atom is -0.459 e. The van der Waals surface area contributed by atoms with Crippen LogP contribution in [-0.4, -0.2) is 28.2 Å². The van der Waals surface area contributed by atoms with Gasteiger partial charge < -0.3 is 14.0 Å². The van der Waals surface area contributed by atoms with E-state index in [1.54, 1.807) is 12.5 Å². The van der Waals surface area contributed by atoms with E-state index in [1.165, 1.54) is 5.56 Å². The second-order valence-corrected chi connectivity index (χ2v) is 7.29. The topological polar surface area (TPSA) is 53.4 Å². The molecule has 0 spiro atoms. The lowest BCUT2D eigenvalue weighted by molar-refractivity contribution is -0.0565. The monoisotopic (exact) mass is 376 g/mol. The molecule has 0 amide bonds. The molecule has 1 fully saturated rings. The summed E-state index contributed by atoms with van der Waals surface area (Å²) < 4.78 is 13.6. The summed E-state index contributed by atoms with van der Waals surface area (Å²) in [6.45, 7) is 4.58. The SMILES string of the molecule is Cc1ccc(C2CC(OC(=O)c3ccc(-n4ccnc4)cc3C)CCO2)cc1. The van der Waals surface area contributed by atoms with E-state index in [9.17, 15) is 4.79 Å². The Kier molecular flexibility index (Phi) is 5.26. The van der Waals surface area contributed by atoms with Crippen LogP contribution < -0.4 is 0 Å². The predicted molar refractivity (Wildman–Crippen MR) is 107 cm³/mol. The van der Waals surface area contributed by atoms with Gasteiger partial charge in [-0.2, -0.15) is 0 Å². The van der Waals surface area contributed by atoms with Crippen molar-refractivity contribution in [3.63, 3.8) is 0 Å². The molecule has 1 saturated heterocycles. The van der Waals surface area contributed by atoms with Gasteiger partial charge in [-0.25, -0.2) is 9.78 Å². The fraction of sp³-hybridized carbons (Fsp3) is 0.304. The zero-order valence-electron chi connectivity index (χ0n) is 16.2. The van der Waals surface area contributed by atoms with Gasteiger partial charge in [0, 0.05) is 30.9 Å². The van der Waals surface area contributed by atoms with Crippen molar-refractivity contribution in [2.45, 2.75) is 38.9 Å². The molecular weight excluding hydrogens is 352 g/mol. The number of carbonyl (C=O) groups excluding carboxylic acids is 1. The highest BCUT2D eigenvalue weighted by molar-refractivity contribution is 5.91. The minimum absolute atomic E-state index is 0.0307. The molecular formula is C23H24N2O3. The maximum absolute atomic E-state index is 12.7. The van der Waals surface area contributed by atoms with E-state index in [1.807, 2.05) is 35.9 Å². The number of nitrogens with zero attached hydrogens (tertiary/aromatic N) is 2. The Labute approximate surface area is 164 Å². The standard InChI is InChI=1S/C23H24N2O3/c1-16-3-5-18(6-4-16)22-14-20(9-12-27-22)28-23(26)21-8-7-19(13-17(21)2)25-11-10-24-15-25/h3-8,10-11,13,15,20,22H,9,12,14H2,1-2H3. The first kappa shape index (κ1) is 18.4. The van der Waals surface area contributed by atoms with Crippen LogP contribution in [0.2, 0.25) is 0 Å². The maximum atomic E-state index is 12.7. The van der Waals surface area contributed by atoms with Gasteiger partial charge in [-0.15, -0.1) is 0 Å². The highest BCUT2D eigenvalue weighted by Gasteiger charge is 2.27. The van der Waals surface area contributed by atoms with E-state index in [0.717, 1.165) is 23.2 Å². The fourth-order valence-electron chi connectivity index (χ4n) is 3.55. The third-order valence-electron chi connectivity index (χ3n) is 5.19. The number of ether oxygens (including phenoxy) is 2. The largest absolute Gasteiger partial charge is 0.459 e. The van der Waals surface area contributed by atoms with E-state index < -0.39 is 0 Å². The molecule has 5 nitrogen and oxygen atoms in total. The lowest BCUT2D eigenvalue weighted by Gasteiger charge is -2.29. The summed E-state index contributed by atoms with van der Waals surface area (Å²) in [5.41, 5.74) is 4.81. The highest BCUT2D eigenvalue weighted by Crippen LogP contribution is 2.30. The number of aryl methyl sites for hydroxylation is 2. The Morgan fingerprint density at radius 2 is 2.00 bits per heavy atom. The smallest absolute Gasteiger partial charge is 0.338 e. The van der Waals surface area contributed by atoms with Crippen LogP contribution in [0.3, 0.4) is 0 Å². The van der Waals surface area contributed by atoms with Gasteiger partial charge in [0.05, 0.1) is 24.6 Å². The Bertz CT molecular complexity index is 948. The molecule has 2 aromatic carbocycles. The Morgan fingerprint density at radius 3 is 2.71 bits per heavy atom. The van der Waals surface area contributed by atoms with E-state index in [4.69, 9.17) is 9.47 Å². The number of aromatic nitrogens is 2. The Morgan fingerprint density at radius 1 is 1.18 bits per heavy atom. The second kappa shape index (κ2) is 7.98. The van der Waals surface area contributed by atoms with E-state index in [2.05, 4.69) is 36.2 Å². The van der Waals surface area contributed by atoms with Crippen molar-refractivity contribution in [2.75, 3.05) is 6.61 Å². The summed E-state index contributed by atoms with van der Waals surface area (Å²) >= 11 is 0. The first-order valence-corrected chi connectivity index (χ1v) is 9.58. The van der Waals surface area contributed by atoms with E-state index in [-0.39, 0.29) is 18.2 Å². The zero-order chi connectivity index (χ0) is 19.5. The number of hydrogen-bond acceptors (Lipinski definition) is 4. The molecule has 0 saturated carbocycles. The lowest BCUT2D eigenvalue weighted by atomic mass is 9.98. The highest BCUT2D eigenvalue weighted by atomic mass is 16.6. The number of rotatable bonds is 4. The molecule has 1 aromatic heterocycles. The van der Waals surface area contributed by atoms with Crippen LogP contribution in [0, 0.1) is 13.8 Å². The van der Waals surface area contributed by atoms with Crippen molar-refractivity contribution in [1.29, 1.82) is 0 Å². The van der Waals surface area contributed by atoms with Crippen molar-refractivity contribution in [3.8, 4) is 5.69 Å². The molecule has 1 aliphatic heterocycles. The molecule has 144 valence electrons. The van der Waals surface area contributed by atoms with Gasteiger partial charge in [0.15, 0.2) is 0 Å². The summed E-state index contributed by atoms with van der Waals surface area (Å²) in [6.07, 6.45) is 6.58. The summed E-state index contributed by atoms with van der Waals surface area (Å²) in [4.78, 5) is 16.8. The maximum Gasteiger partial charge on any atom is 0.338 e. The molecule has 28 heavy (non-hydrogen) atoms. The third kappa shape index (κ3) is 3.99. The van der Waals surface area contributed by atoms with Gasteiger partial charge in [-0.3, -0.25) is 0 Å². The van der Waals surface area contributed by atoms with Gasteiger partial charge >= 0.3 is 5.97 Å². The molecule has 0 radical (unpaired) electrons. The van der Waals surface area contributed by atoms with Crippen LogP contribution in [0.25, 0.3) is 5.69 Å². The van der Waals surface area contributed by atoms with Crippen LogP contribution in [0.15, 0.2) is 61.2 Å². The number of carbonyl (C=O) groups is 1. The molecule has 2 atom stereocenters. The zero-order valence-corrected chi connectivity index (χ0v) is 16.2. The van der Waals surface area contributed by atoms with E-state index >= 15 is 0 Å². The van der Waals surface area contributed by atoms with Crippen LogP contribution in [0.1, 0.15) is 46.0 Å². The van der Waals surface area contributed by atoms with Crippen molar-refractivity contribution in [1.82, 2.24) is 9.55 Å². The van der Waals surface area contributed by atoms with Crippen molar-refractivity contribution < 1.29 is 14.3 Å². The van der Waals surface area contributed by atoms with Gasteiger partial charge in [0.25, 0.3) is 0 Å². The second-order valence-electron chi connectivity index (χ2n) is 7.29. The van der Waals surface area contributed by atoms with Gasteiger partial charge in [0.2, 0.25) is 0 Å². The number of imidazole rings is 1. The summed E-state index contributed by atoms with van der Waals surface area (Å²) in [7, 11) is 0. The van der Waals surface area contributed by atoms with Crippen LogP contribution in [0.5, 0.6) is 0 Å². The lowest BCUT2D eigenvalue weighted by Crippen LogP contribution is -2.28. The summed E-state index contributed by atoms with van der Waals surface area (Å²) in [6, 6.07) is 14.0. The third-order valence-corrected chi connectivity index (χ3v) is 5.19. The molecule has 0 aliphatic carbocycles. The van der Waals surface area contributed by atoms with Crippen LogP contribution in [0.4, 0.5) is 0 Å². The molecule has 2 unspecified atom stereocenters. The molecule has 2 heterocycles. The number of hydrogen-bond donors (Lipinski definition) is 0. The number of benzene rings is 2. The van der Waals surface area contributed by atoms with Crippen molar-refractivity contribution >= 4 is 5.97 Å². The molecule has 3 aromatic rings. The molecule has 5 heteroatoms. The molecule has 0 bridgehead atoms. The quantitative estimate of drug-likeness (QED) is 0.626. The minimum atomic E-state index is -0.274. The number of esters is 1. The molecule has 0 N–H and O–H groups in total. The Hall–Kier alpha value is -2.92. The predicted octanol–water partition coefficient (Wildman–Crippen LogP) is 4.57. The van der Waals surface area contributed by atoms with Crippen molar-refractivity contribution in [3.05, 3.63) is 83.4 Å². The molecule has 1 aliphatic rings. The average molecular weight is 376 g/mol. The first-order valence-electron chi connectivity index (χ1n) is 9.58.